The highest BCUT2D eigenvalue weighted by Crippen LogP contribution is 2.45. The fourth-order valence-electron chi connectivity index (χ4n) is 6.07. The lowest BCUT2D eigenvalue weighted by atomic mass is 9.95. The Balaban J connectivity index is 1.21. The van der Waals surface area contributed by atoms with E-state index in [9.17, 15) is 19.8 Å². The highest BCUT2D eigenvalue weighted by molar-refractivity contribution is 8.00. The van der Waals surface area contributed by atoms with Gasteiger partial charge in [0, 0.05) is 11.3 Å². The fraction of sp³-hybridized carbons (Fsp3) is 0.150. The molecule has 5 aromatic carbocycles. The lowest BCUT2D eigenvalue weighted by molar-refractivity contribution is -0.132. The molecular formula is C40H33N3O6S2. The molecule has 2 heterocycles. The minimum absolute atomic E-state index is 0.0955. The summed E-state index contributed by atoms with van der Waals surface area (Å²) in [5, 5.41) is 33.3. The van der Waals surface area contributed by atoms with Crippen LogP contribution < -0.4 is 14.4 Å². The summed E-state index contributed by atoms with van der Waals surface area (Å²) in [5.74, 6) is -0.796. The molecule has 0 spiro atoms. The minimum Gasteiger partial charge on any atom is -0.507 e. The summed E-state index contributed by atoms with van der Waals surface area (Å²) in [7, 11) is 0. The number of benzene rings is 5. The van der Waals surface area contributed by atoms with Gasteiger partial charge in [-0.1, -0.05) is 101 Å². The Hall–Kier alpha value is -5.65. The topological polar surface area (TPSA) is 122 Å². The summed E-state index contributed by atoms with van der Waals surface area (Å²) in [4.78, 5) is 28.9. The molecule has 256 valence electrons. The molecule has 0 aliphatic carbocycles. The van der Waals surface area contributed by atoms with E-state index in [4.69, 9.17) is 9.47 Å². The van der Waals surface area contributed by atoms with Crippen LogP contribution in [0.15, 0.2) is 119 Å². The molecule has 51 heavy (non-hydrogen) atoms. The number of aliphatic hydroxyl groups excluding tert-OH is 1. The maximum Gasteiger partial charge on any atom is 0.301 e. The van der Waals surface area contributed by atoms with Gasteiger partial charge in [0.15, 0.2) is 15.8 Å². The van der Waals surface area contributed by atoms with Crippen LogP contribution in [0.4, 0.5) is 5.13 Å². The number of hydrogen-bond donors (Lipinski definition) is 2. The number of carbonyl (C=O) groups is 2. The molecule has 1 atom stereocenters. The second kappa shape index (κ2) is 14.7. The number of amides is 1. The number of ether oxygens (including phenoxy) is 2. The average Bonchev–Trinajstić information content (AvgIpc) is 3.72. The Labute approximate surface area is 302 Å². The number of phenols is 1. The molecular weight excluding hydrogens is 683 g/mol. The molecule has 1 saturated heterocycles. The highest BCUT2D eigenvalue weighted by atomic mass is 32.2. The number of fused-ring (bicyclic) bond motifs is 1. The van der Waals surface area contributed by atoms with Gasteiger partial charge in [-0.2, -0.15) is 0 Å². The van der Waals surface area contributed by atoms with Crippen LogP contribution in [0.1, 0.15) is 40.8 Å². The monoisotopic (exact) mass is 715 g/mol. The van der Waals surface area contributed by atoms with E-state index >= 15 is 0 Å². The number of rotatable bonds is 11. The number of aliphatic hydroxyl groups is 1. The Morgan fingerprint density at radius 2 is 1.69 bits per heavy atom. The number of aromatic nitrogens is 2. The normalized spacial score (nSPS) is 15.4. The smallest absolute Gasteiger partial charge is 0.301 e. The van der Waals surface area contributed by atoms with Crippen molar-refractivity contribution in [3.8, 4) is 17.2 Å². The fourth-order valence-corrected chi connectivity index (χ4v) is 7.94. The number of nitrogens with zero attached hydrogens (tertiary/aromatic N) is 3. The number of anilines is 1. The van der Waals surface area contributed by atoms with Gasteiger partial charge in [-0.15, -0.1) is 10.2 Å². The lowest BCUT2D eigenvalue weighted by Gasteiger charge is -2.23. The molecule has 1 fully saturated rings. The molecule has 2 N–H and O–H groups in total. The van der Waals surface area contributed by atoms with E-state index in [1.54, 1.807) is 43.3 Å². The third kappa shape index (κ3) is 7.03. The lowest BCUT2D eigenvalue weighted by Crippen LogP contribution is -2.29. The largest absolute Gasteiger partial charge is 0.507 e. The van der Waals surface area contributed by atoms with E-state index in [-0.39, 0.29) is 34.6 Å². The van der Waals surface area contributed by atoms with Crippen molar-refractivity contribution >= 4 is 56.5 Å². The zero-order chi connectivity index (χ0) is 35.5. The molecule has 0 radical (unpaired) electrons. The zero-order valence-electron chi connectivity index (χ0n) is 27.8. The summed E-state index contributed by atoms with van der Waals surface area (Å²) >= 11 is 2.67. The predicted octanol–water partition coefficient (Wildman–Crippen LogP) is 8.60. The van der Waals surface area contributed by atoms with Crippen molar-refractivity contribution in [2.45, 2.75) is 36.6 Å². The van der Waals surface area contributed by atoms with E-state index in [0.29, 0.717) is 33.6 Å². The van der Waals surface area contributed by atoms with Gasteiger partial charge in [0.2, 0.25) is 5.13 Å². The van der Waals surface area contributed by atoms with Gasteiger partial charge in [0.1, 0.15) is 18.1 Å². The van der Waals surface area contributed by atoms with Crippen molar-refractivity contribution in [2.75, 3.05) is 11.5 Å². The van der Waals surface area contributed by atoms with E-state index in [0.717, 1.165) is 27.5 Å². The Morgan fingerprint density at radius 3 is 2.49 bits per heavy atom. The van der Waals surface area contributed by atoms with Crippen LogP contribution in [-0.4, -0.2) is 38.7 Å². The first-order chi connectivity index (χ1) is 24.8. The molecule has 11 heteroatoms. The second-order valence-corrected chi connectivity index (χ2v) is 14.1. The third-order valence-electron chi connectivity index (χ3n) is 8.49. The van der Waals surface area contributed by atoms with E-state index in [1.807, 2.05) is 49.4 Å². The molecule has 1 aliphatic heterocycles. The van der Waals surface area contributed by atoms with E-state index in [2.05, 4.69) is 34.5 Å². The molecule has 7 rings (SSSR count). The van der Waals surface area contributed by atoms with E-state index < -0.39 is 17.7 Å². The molecule has 0 saturated carbocycles. The van der Waals surface area contributed by atoms with Crippen LogP contribution in [0, 0.1) is 6.92 Å². The number of phenolic OH excluding ortho intramolecular Hbond substituents is 1. The van der Waals surface area contributed by atoms with Gasteiger partial charge in [0.25, 0.3) is 5.78 Å². The SMILES string of the molecule is CCOc1cc(C2C(=C(O)c3ccc(OCc4cccc(C)c4)cc3)C(=O)C(=O)N2c2nnc(SCc3cccc4ccccc34)s2)ccc1O. The van der Waals surface area contributed by atoms with Crippen molar-refractivity contribution in [3.63, 3.8) is 0 Å². The van der Waals surface area contributed by atoms with Gasteiger partial charge in [0.05, 0.1) is 18.2 Å². The highest BCUT2D eigenvalue weighted by Gasteiger charge is 2.48. The third-order valence-corrected chi connectivity index (χ3v) is 10.6. The number of hydrogen-bond acceptors (Lipinski definition) is 10. The molecule has 0 bridgehead atoms. The standard InChI is InChI=1S/C40H33N3O6S2/c1-3-48-33-21-28(16-19-32(33)44)35-34(36(45)27-14-17-30(18-15-27)49-22-25-9-6-8-24(2)20-25)37(46)38(47)43(35)39-41-42-40(51-39)50-23-29-12-7-11-26-10-4-5-13-31(26)29/h4-21,35,44-45H,3,22-23H2,1-2H3. The molecule has 9 nitrogen and oxygen atoms in total. The summed E-state index contributed by atoms with van der Waals surface area (Å²) in [5.41, 5.74) is 3.93. The second-order valence-electron chi connectivity index (χ2n) is 11.9. The maximum atomic E-state index is 13.8. The van der Waals surface area contributed by atoms with Gasteiger partial charge < -0.3 is 19.7 Å². The number of Topliss-reactive ketones (excluding diaryl/α,β-unsaturated/α-hetero) is 1. The summed E-state index contributed by atoms with van der Waals surface area (Å²) in [6.07, 6.45) is 0. The number of carbonyl (C=O) groups excluding carboxylic acids is 2. The molecule has 1 aromatic heterocycles. The number of aromatic hydroxyl groups is 1. The Bertz CT molecular complexity index is 2280. The minimum atomic E-state index is -1.08. The summed E-state index contributed by atoms with van der Waals surface area (Å²) in [6, 6.07) is 32.5. The average molecular weight is 716 g/mol. The first-order valence-electron chi connectivity index (χ1n) is 16.3. The number of thioether (sulfide) groups is 1. The van der Waals surface area contributed by atoms with Gasteiger partial charge in [-0.3, -0.25) is 14.5 Å². The number of ketones is 1. The summed E-state index contributed by atoms with van der Waals surface area (Å²) in [6.45, 7) is 4.45. The first kappa shape index (κ1) is 33.8. The van der Waals surface area contributed by atoms with Crippen LogP contribution >= 0.6 is 23.1 Å². The molecule has 1 amide bonds. The van der Waals surface area contributed by atoms with Crippen molar-refractivity contribution in [3.05, 3.63) is 143 Å². The first-order valence-corrected chi connectivity index (χ1v) is 18.1. The summed E-state index contributed by atoms with van der Waals surface area (Å²) < 4.78 is 12.2. The van der Waals surface area contributed by atoms with Crippen molar-refractivity contribution in [2.24, 2.45) is 0 Å². The van der Waals surface area contributed by atoms with Crippen molar-refractivity contribution in [1.29, 1.82) is 0 Å². The van der Waals surface area contributed by atoms with Crippen LogP contribution in [0.5, 0.6) is 17.2 Å². The van der Waals surface area contributed by atoms with Crippen LogP contribution in [-0.2, 0) is 21.9 Å². The Kier molecular flexibility index (Phi) is 9.74. The van der Waals surface area contributed by atoms with Crippen molar-refractivity contribution < 1.29 is 29.3 Å². The van der Waals surface area contributed by atoms with Gasteiger partial charge >= 0.3 is 5.91 Å². The molecule has 1 unspecified atom stereocenters. The van der Waals surface area contributed by atoms with Gasteiger partial charge in [-0.05, 0) is 77.7 Å². The molecule has 6 aromatic rings. The van der Waals surface area contributed by atoms with E-state index in [1.165, 1.54) is 34.1 Å². The zero-order valence-corrected chi connectivity index (χ0v) is 29.4. The Morgan fingerprint density at radius 1 is 0.902 bits per heavy atom. The van der Waals surface area contributed by atoms with Crippen LogP contribution in [0.25, 0.3) is 16.5 Å². The quantitative estimate of drug-likeness (QED) is 0.0447. The van der Waals surface area contributed by atoms with Crippen LogP contribution in [0.3, 0.4) is 0 Å². The number of aryl methyl sites for hydroxylation is 1. The van der Waals surface area contributed by atoms with Crippen LogP contribution in [0.2, 0.25) is 0 Å². The maximum absolute atomic E-state index is 13.8. The van der Waals surface area contributed by atoms with Crippen molar-refractivity contribution in [1.82, 2.24) is 10.2 Å². The van der Waals surface area contributed by atoms with Gasteiger partial charge in [-0.25, -0.2) is 0 Å². The molecule has 1 aliphatic rings. The predicted molar refractivity (Wildman–Crippen MR) is 199 cm³/mol.